The Morgan fingerprint density at radius 3 is 1.86 bits per heavy atom. The molecule has 0 bridgehead atoms. The Labute approximate surface area is 180 Å². The summed E-state index contributed by atoms with van der Waals surface area (Å²) >= 11 is 1.74. The van der Waals surface area contributed by atoms with E-state index in [1.165, 1.54) is 14.6 Å². The van der Waals surface area contributed by atoms with Gasteiger partial charge in [-0.2, -0.15) is 0 Å². The van der Waals surface area contributed by atoms with Gasteiger partial charge in [-0.1, -0.05) is 0 Å². The summed E-state index contributed by atoms with van der Waals surface area (Å²) in [6.45, 7) is 4.36. The van der Waals surface area contributed by atoms with Crippen LogP contribution in [0.5, 0.6) is 0 Å². The van der Waals surface area contributed by atoms with Crippen molar-refractivity contribution in [2.75, 3.05) is 13.2 Å². The molecule has 0 saturated carbocycles. The fourth-order valence-corrected chi connectivity index (χ4v) is 11.8. The number of benzene rings is 1. The SMILES string of the molecule is CCOP(=O)(OCC)c1ccc(-c2ccc(-c3cc[c]([Sn]([CH3])([CH3])[CH3])s3)s2)cc1. The Bertz CT molecular complexity index is 960. The van der Waals surface area contributed by atoms with Crippen molar-refractivity contribution >= 4 is 56.8 Å². The molecule has 2 aromatic heterocycles. The van der Waals surface area contributed by atoms with Crippen molar-refractivity contribution in [3.05, 3.63) is 48.5 Å². The van der Waals surface area contributed by atoms with Crippen molar-refractivity contribution in [3.63, 3.8) is 0 Å². The first kappa shape index (κ1) is 22.3. The molecule has 3 aromatic rings. The van der Waals surface area contributed by atoms with Crippen LogP contribution < -0.4 is 8.20 Å². The summed E-state index contributed by atoms with van der Waals surface area (Å²) in [6, 6.07) is 16.7. The minimum absolute atomic E-state index is 0.356. The Kier molecular flexibility index (Phi) is 7.27. The predicted octanol–water partition coefficient (Wildman–Crippen LogP) is 6.58. The summed E-state index contributed by atoms with van der Waals surface area (Å²) in [4.78, 5) is 11.2. The fourth-order valence-electron chi connectivity index (χ4n) is 2.83. The van der Waals surface area contributed by atoms with E-state index in [9.17, 15) is 4.57 Å². The first-order chi connectivity index (χ1) is 13.3. The van der Waals surface area contributed by atoms with Crippen LogP contribution in [0.25, 0.3) is 20.2 Å². The van der Waals surface area contributed by atoms with Gasteiger partial charge in [0.05, 0.1) is 13.2 Å². The average Bonchev–Trinajstić information content (AvgIpc) is 3.31. The van der Waals surface area contributed by atoms with Crippen LogP contribution in [-0.2, 0) is 13.6 Å². The molecule has 7 heteroatoms. The van der Waals surface area contributed by atoms with Gasteiger partial charge in [-0.15, -0.1) is 0 Å². The first-order valence-electron chi connectivity index (χ1n) is 9.47. The van der Waals surface area contributed by atoms with Gasteiger partial charge in [0.2, 0.25) is 0 Å². The monoisotopic (exact) mass is 542 g/mol. The molecule has 0 radical (unpaired) electrons. The maximum absolute atomic E-state index is 12.9. The van der Waals surface area contributed by atoms with Crippen LogP contribution in [0.1, 0.15) is 13.8 Å². The second-order valence-electron chi connectivity index (χ2n) is 7.46. The van der Waals surface area contributed by atoms with E-state index in [-0.39, 0.29) is 0 Å². The predicted molar refractivity (Wildman–Crippen MR) is 127 cm³/mol. The molecule has 28 heavy (non-hydrogen) atoms. The quantitative estimate of drug-likeness (QED) is 0.239. The van der Waals surface area contributed by atoms with Crippen LogP contribution in [0.3, 0.4) is 0 Å². The molecule has 0 aliphatic rings. The summed E-state index contributed by atoms with van der Waals surface area (Å²) < 4.78 is 25.4. The van der Waals surface area contributed by atoms with Gasteiger partial charge in [0.25, 0.3) is 0 Å². The number of rotatable bonds is 8. The fraction of sp³-hybridized carbons (Fsp3) is 0.333. The first-order valence-corrected chi connectivity index (χ1v) is 22.6. The zero-order valence-electron chi connectivity index (χ0n) is 17.0. The van der Waals surface area contributed by atoms with Crippen LogP contribution in [0.15, 0.2) is 48.5 Å². The van der Waals surface area contributed by atoms with Crippen LogP contribution >= 0.6 is 30.3 Å². The van der Waals surface area contributed by atoms with Gasteiger partial charge in [-0.3, -0.25) is 0 Å². The zero-order valence-corrected chi connectivity index (χ0v) is 22.4. The molecule has 2 heterocycles. The molecule has 3 nitrogen and oxygen atoms in total. The second-order valence-corrected chi connectivity index (χ2v) is 27.1. The Morgan fingerprint density at radius 1 is 0.786 bits per heavy atom. The third-order valence-electron chi connectivity index (χ3n) is 4.26. The molecule has 0 unspecified atom stereocenters. The molecule has 0 atom stereocenters. The number of thiophene rings is 2. The summed E-state index contributed by atoms with van der Waals surface area (Å²) in [5, 5.41) is 0.609. The van der Waals surface area contributed by atoms with Crippen LogP contribution in [-0.4, -0.2) is 31.6 Å². The Morgan fingerprint density at radius 2 is 1.32 bits per heavy atom. The van der Waals surface area contributed by atoms with Crippen molar-refractivity contribution in [3.8, 4) is 20.2 Å². The van der Waals surface area contributed by atoms with E-state index in [4.69, 9.17) is 9.05 Å². The van der Waals surface area contributed by atoms with Crippen LogP contribution in [0.4, 0.5) is 0 Å². The molecule has 1 aromatic carbocycles. The van der Waals surface area contributed by atoms with E-state index in [0.717, 1.165) is 5.56 Å². The van der Waals surface area contributed by atoms with Crippen molar-refractivity contribution in [1.29, 1.82) is 0 Å². The van der Waals surface area contributed by atoms with E-state index in [0.29, 0.717) is 18.5 Å². The molecular weight excluding hydrogens is 514 g/mol. The molecule has 0 aliphatic heterocycles. The molecular formula is C21H27O3PS2Sn. The third kappa shape index (κ3) is 5.00. The van der Waals surface area contributed by atoms with Crippen molar-refractivity contribution in [2.45, 2.75) is 28.7 Å². The topological polar surface area (TPSA) is 35.5 Å². The van der Waals surface area contributed by atoms with E-state index >= 15 is 0 Å². The molecule has 0 N–H and O–H groups in total. The van der Waals surface area contributed by atoms with E-state index in [1.54, 1.807) is 14.2 Å². The molecule has 3 rings (SSSR count). The molecule has 150 valence electrons. The van der Waals surface area contributed by atoms with Gasteiger partial charge < -0.3 is 0 Å². The van der Waals surface area contributed by atoms with Crippen molar-refractivity contribution < 1.29 is 13.6 Å². The van der Waals surface area contributed by atoms with Crippen molar-refractivity contribution in [2.24, 2.45) is 0 Å². The summed E-state index contributed by atoms with van der Waals surface area (Å²) in [7, 11) is -3.23. The second kappa shape index (κ2) is 9.15. The summed E-state index contributed by atoms with van der Waals surface area (Å²) in [5.74, 6) is 0. The third-order valence-corrected chi connectivity index (χ3v) is 18.3. The van der Waals surface area contributed by atoms with E-state index in [2.05, 4.69) is 39.1 Å². The van der Waals surface area contributed by atoms with Gasteiger partial charge in [-0.25, -0.2) is 0 Å². The van der Waals surface area contributed by atoms with Gasteiger partial charge >= 0.3 is 154 Å². The van der Waals surface area contributed by atoms with Crippen molar-refractivity contribution in [1.82, 2.24) is 0 Å². The van der Waals surface area contributed by atoms with Crippen LogP contribution in [0.2, 0.25) is 14.8 Å². The van der Waals surface area contributed by atoms with Gasteiger partial charge in [-0.05, 0) is 13.8 Å². The summed E-state index contributed by atoms with van der Waals surface area (Å²) in [5.41, 5.74) is 1.12. The van der Waals surface area contributed by atoms with Gasteiger partial charge in [0.1, 0.15) is 0 Å². The number of hydrogen-bond acceptors (Lipinski definition) is 5. The Balaban J connectivity index is 1.84. The minimum atomic E-state index is -3.23. The zero-order chi connectivity index (χ0) is 20.4. The maximum atomic E-state index is 12.9. The average molecular weight is 541 g/mol. The molecule has 0 aliphatic carbocycles. The molecule has 0 fully saturated rings. The van der Waals surface area contributed by atoms with Gasteiger partial charge in [0, 0.05) is 0 Å². The molecule has 0 saturated heterocycles. The number of hydrogen-bond donors (Lipinski definition) is 0. The van der Waals surface area contributed by atoms with E-state index in [1.807, 2.05) is 49.4 Å². The van der Waals surface area contributed by atoms with Gasteiger partial charge in [0.15, 0.2) is 0 Å². The van der Waals surface area contributed by atoms with Crippen LogP contribution in [0, 0.1) is 0 Å². The Hall–Kier alpha value is -0.431. The summed E-state index contributed by atoms with van der Waals surface area (Å²) in [6.07, 6.45) is 0. The molecule has 0 amide bonds. The normalized spacial score (nSPS) is 12.5. The molecule has 0 spiro atoms. The standard InChI is InChI=1S/C18H18O3PS2.3CH3.Sn/c1-3-20-22(19,21-4-2)15-9-7-14(8-10-15)16-11-12-18(24-16)17-6-5-13-23-17;;;;/h5-12H,3-4H2,1-2H3;3*1H3;. The van der Waals surface area contributed by atoms with E-state index < -0.39 is 26.0 Å².